The van der Waals surface area contributed by atoms with Crippen LogP contribution >= 0.6 is 12.2 Å². The van der Waals surface area contributed by atoms with Crippen LogP contribution in [0.4, 0.5) is 5.69 Å². The highest BCUT2D eigenvalue weighted by Gasteiger charge is 2.03. The molecule has 0 radical (unpaired) electrons. The fraction of sp³-hybridized carbons (Fsp3) is 0.533. The number of nitrogens with zero attached hydrogens (tertiary/aromatic N) is 1. The monoisotopic (exact) mass is 280 g/mol. The second-order valence-electron chi connectivity index (χ2n) is 4.93. The molecule has 0 aliphatic carbocycles. The third-order valence-electron chi connectivity index (χ3n) is 2.76. The molecule has 1 aromatic rings. The van der Waals surface area contributed by atoms with Crippen LogP contribution < -0.4 is 10.1 Å². The summed E-state index contributed by atoms with van der Waals surface area (Å²) in [4.78, 5) is 3.00. The minimum Gasteiger partial charge on any atom is -0.492 e. The Kier molecular flexibility index (Phi) is 6.81. The SMILES string of the molecule is CCCC(=S)Nc1ccc(OCCN(C)C)cc1C. The maximum absolute atomic E-state index is 5.70. The number of thiocarbonyl (C=S) groups is 1. The van der Waals surface area contributed by atoms with Crippen molar-refractivity contribution in [3.63, 3.8) is 0 Å². The molecule has 1 aromatic carbocycles. The Hall–Kier alpha value is -1.13. The number of benzene rings is 1. The van der Waals surface area contributed by atoms with Crippen molar-refractivity contribution in [3.05, 3.63) is 23.8 Å². The maximum atomic E-state index is 5.70. The standard InChI is InChI=1S/C15H24N2OS/c1-5-6-15(19)16-14-8-7-13(11-12(14)2)18-10-9-17(3)4/h7-8,11H,5-6,9-10H2,1-4H3,(H,16,19). The van der Waals surface area contributed by atoms with Gasteiger partial charge in [0.1, 0.15) is 12.4 Å². The lowest BCUT2D eigenvalue weighted by Crippen LogP contribution is -2.19. The first-order valence-electron chi connectivity index (χ1n) is 6.71. The highest BCUT2D eigenvalue weighted by molar-refractivity contribution is 7.80. The quantitative estimate of drug-likeness (QED) is 0.773. The van der Waals surface area contributed by atoms with Crippen LogP contribution in [0, 0.1) is 6.92 Å². The molecule has 106 valence electrons. The van der Waals surface area contributed by atoms with Gasteiger partial charge in [-0.1, -0.05) is 19.1 Å². The Bertz CT molecular complexity index is 419. The lowest BCUT2D eigenvalue weighted by molar-refractivity contribution is 0.261. The number of aryl methyl sites for hydroxylation is 1. The number of hydrogen-bond donors (Lipinski definition) is 1. The van der Waals surface area contributed by atoms with Crippen LogP contribution in [0.25, 0.3) is 0 Å². The first kappa shape index (κ1) is 15.9. The van der Waals surface area contributed by atoms with Crippen molar-refractivity contribution in [2.45, 2.75) is 26.7 Å². The summed E-state index contributed by atoms with van der Waals surface area (Å²) < 4.78 is 5.70. The number of likely N-dealkylation sites (N-methyl/N-ethyl adjacent to an activating group) is 1. The smallest absolute Gasteiger partial charge is 0.119 e. The third kappa shape index (κ3) is 6.03. The van der Waals surface area contributed by atoms with E-state index < -0.39 is 0 Å². The Morgan fingerprint density at radius 2 is 2.11 bits per heavy atom. The van der Waals surface area contributed by atoms with E-state index in [0.717, 1.165) is 41.4 Å². The summed E-state index contributed by atoms with van der Waals surface area (Å²) in [6, 6.07) is 6.06. The van der Waals surface area contributed by atoms with E-state index in [1.165, 1.54) is 0 Å². The van der Waals surface area contributed by atoms with E-state index in [1.807, 2.05) is 32.3 Å². The third-order valence-corrected chi connectivity index (χ3v) is 3.06. The van der Waals surface area contributed by atoms with E-state index in [9.17, 15) is 0 Å². The molecule has 0 aliphatic rings. The van der Waals surface area contributed by atoms with Crippen molar-refractivity contribution in [3.8, 4) is 5.75 Å². The summed E-state index contributed by atoms with van der Waals surface area (Å²) in [6.45, 7) is 5.81. The molecule has 0 saturated carbocycles. The summed E-state index contributed by atoms with van der Waals surface area (Å²) in [7, 11) is 4.08. The van der Waals surface area contributed by atoms with Crippen LogP contribution in [0.15, 0.2) is 18.2 Å². The largest absolute Gasteiger partial charge is 0.492 e. The molecular formula is C15H24N2OS. The fourth-order valence-corrected chi connectivity index (χ4v) is 1.97. The van der Waals surface area contributed by atoms with Gasteiger partial charge >= 0.3 is 0 Å². The summed E-state index contributed by atoms with van der Waals surface area (Å²) >= 11 is 5.28. The van der Waals surface area contributed by atoms with Gasteiger partial charge in [-0.2, -0.15) is 0 Å². The van der Waals surface area contributed by atoms with Gasteiger partial charge in [0.15, 0.2) is 0 Å². The second-order valence-corrected chi connectivity index (χ2v) is 5.42. The molecule has 19 heavy (non-hydrogen) atoms. The van der Waals surface area contributed by atoms with Gasteiger partial charge in [0, 0.05) is 12.2 Å². The summed E-state index contributed by atoms with van der Waals surface area (Å²) in [5, 5.41) is 3.28. The van der Waals surface area contributed by atoms with Crippen molar-refractivity contribution in [2.24, 2.45) is 0 Å². The highest BCUT2D eigenvalue weighted by atomic mass is 32.1. The van der Waals surface area contributed by atoms with Crippen LogP contribution in [0.3, 0.4) is 0 Å². The molecule has 0 saturated heterocycles. The topological polar surface area (TPSA) is 24.5 Å². The molecule has 0 spiro atoms. The molecule has 0 aliphatic heterocycles. The van der Waals surface area contributed by atoms with Crippen molar-refractivity contribution >= 4 is 22.9 Å². The number of hydrogen-bond acceptors (Lipinski definition) is 3. The van der Waals surface area contributed by atoms with Gasteiger partial charge in [-0.25, -0.2) is 0 Å². The average Bonchev–Trinajstić information content (AvgIpc) is 2.32. The van der Waals surface area contributed by atoms with Crippen molar-refractivity contribution in [1.82, 2.24) is 4.90 Å². The maximum Gasteiger partial charge on any atom is 0.119 e. The predicted octanol–water partition coefficient (Wildman–Crippen LogP) is 3.47. The molecular weight excluding hydrogens is 256 g/mol. The molecule has 0 bridgehead atoms. The molecule has 0 unspecified atom stereocenters. The molecule has 0 amide bonds. The van der Waals surface area contributed by atoms with Crippen molar-refractivity contribution in [2.75, 3.05) is 32.6 Å². The van der Waals surface area contributed by atoms with Crippen molar-refractivity contribution < 1.29 is 4.74 Å². The predicted molar refractivity (Wildman–Crippen MR) is 86.4 cm³/mol. The first-order chi connectivity index (χ1) is 9.02. The molecule has 0 fully saturated rings. The summed E-state index contributed by atoms with van der Waals surface area (Å²) in [6.07, 6.45) is 1.99. The molecule has 1 N–H and O–H groups in total. The van der Waals surface area contributed by atoms with Crippen LogP contribution in [-0.2, 0) is 0 Å². The first-order valence-corrected chi connectivity index (χ1v) is 7.11. The van der Waals surface area contributed by atoms with Gasteiger partial charge < -0.3 is 15.0 Å². The van der Waals surface area contributed by atoms with Gasteiger partial charge in [-0.05, 0) is 57.6 Å². The number of ether oxygens (including phenoxy) is 1. The minimum atomic E-state index is 0.702. The lowest BCUT2D eigenvalue weighted by Gasteiger charge is -2.14. The van der Waals surface area contributed by atoms with E-state index in [2.05, 4.69) is 24.1 Å². The Labute approximate surface area is 121 Å². The zero-order valence-corrected chi connectivity index (χ0v) is 13.1. The van der Waals surface area contributed by atoms with Crippen LogP contribution in [0.2, 0.25) is 0 Å². The van der Waals surface area contributed by atoms with Gasteiger partial charge in [0.2, 0.25) is 0 Å². The van der Waals surface area contributed by atoms with E-state index in [1.54, 1.807) is 0 Å². The molecule has 0 heterocycles. The summed E-state index contributed by atoms with van der Waals surface area (Å²) in [5.74, 6) is 0.909. The van der Waals surface area contributed by atoms with Gasteiger partial charge in [-0.15, -0.1) is 0 Å². The second kappa shape index (κ2) is 8.12. The Morgan fingerprint density at radius 3 is 2.68 bits per heavy atom. The lowest BCUT2D eigenvalue weighted by atomic mass is 10.2. The van der Waals surface area contributed by atoms with E-state index in [-0.39, 0.29) is 0 Å². The zero-order valence-electron chi connectivity index (χ0n) is 12.3. The molecule has 0 aromatic heterocycles. The van der Waals surface area contributed by atoms with E-state index in [4.69, 9.17) is 17.0 Å². The van der Waals surface area contributed by atoms with Gasteiger partial charge in [0.25, 0.3) is 0 Å². The van der Waals surface area contributed by atoms with Crippen LogP contribution in [0.1, 0.15) is 25.3 Å². The number of anilines is 1. The molecule has 0 atom stereocenters. The summed E-state index contributed by atoms with van der Waals surface area (Å²) in [5.41, 5.74) is 2.22. The number of rotatable bonds is 7. The van der Waals surface area contributed by atoms with E-state index in [0.29, 0.717) is 6.61 Å². The van der Waals surface area contributed by atoms with Crippen LogP contribution in [0.5, 0.6) is 5.75 Å². The highest BCUT2D eigenvalue weighted by Crippen LogP contribution is 2.21. The Morgan fingerprint density at radius 1 is 1.37 bits per heavy atom. The van der Waals surface area contributed by atoms with Crippen LogP contribution in [-0.4, -0.2) is 37.1 Å². The zero-order chi connectivity index (χ0) is 14.3. The fourth-order valence-electron chi connectivity index (χ4n) is 1.65. The van der Waals surface area contributed by atoms with Gasteiger partial charge in [-0.3, -0.25) is 0 Å². The minimum absolute atomic E-state index is 0.702. The van der Waals surface area contributed by atoms with Gasteiger partial charge in [0.05, 0.1) is 4.99 Å². The normalized spacial score (nSPS) is 10.6. The Balaban J connectivity index is 2.56. The van der Waals surface area contributed by atoms with E-state index >= 15 is 0 Å². The van der Waals surface area contributed by atoms with Crippen molar-refractivity contribution in [1.29, 1.82) is 0 Å². The number of nitrogens with one attached hydrogen (secondary N) is 1. The molecule has 4 heteroatoms. The molecule has 3 nitrogen and oxygen atoms in total. The molecule has 1 rings (SSSR count). The average molecular weight is 280 g/mol.